The van der Waals surface area contributed by atoms with Gasteiger partial charge in [-0.25, -0.2) is 0 Å². The van der Waals surface area contributed by atoms with E-state index in [1.54, 1.807) is 7.11 Å². The highest BCUT2D eigenvalue weighted by Crippen LogP contribution is 2.32. The predicted octanol–water partition coefficient (Wildman–Crippen LogP) is 0.915. The van der Waals surface area contributed by atoms with E-state index in [2.05, 4.69) is 11.4 Å². The molecule has 0 amide bonds. The number of nitriles is 1. The third-order valence-electron chi connectivity index (χ3n) is 2.18. The number of hydrogen-bond acceptors (Lipinski definition) is 3. The van der Waals surface area contributed by atoms with Crippen LogP contribution in [0.4, 0.5) is 0 Å². The van der Waals surface area contributed by atoms with Gasteiger partial charge in [-0.3, -0.25) is 0 Å². The van der Waals surface area contributed by atoms with Crippen LogP contribution in [0.25, 0.3) is 0 Å². The first kappa shape index (κ1) is 9.50. The van der Waals surface area contributed by atoms with Crippen molar-refractivity contribution < 1.29 is 4.74 Å². The molecule has 12 heavy (non-hydrogen) atoms. The minimum atomic E-state index is 0.475. The molecule has 1 rings (SSSR count). The number of ether oxygens (including phenoxy) is 1. The van der Waals surface area contributed by atoms with Crippen LogP contribution in [0, 0.1) is 17.2 Å². The second kappa shape index (κ2) is 5.13. The monoisotopic (exact) mass is 168 g/mol. The number of methoxy groups -OCH3 is 1. The summed E-state index contributed by atoms with van der Waals surface area (Å²) in [5.41, 5.74) is 0. The highest BCUT2D eigenvalue weighted by atomic mass is 16.5. The van der Waals surface area contributed by atoms with Gasteiger partial charge in [-0.2, -0.15) is 5.26 Å². The maximum atomic E-state index is 8.34. The minimum Gasteiger partial charge on any atom is -0.383 e. The molecule has 68 valence electrons. The van der Waals surface area contributed by atoms with Gasteiger partial charge in [0.25, 0.3) is 0 Å². The molecule has 1 saturated carbocycles. The molecule has 0 saturated heterocycles. The van der Waals surface area contributed by atoms with E-state index >= 15 is 0 Å². The Kier molecular flexibility index (Phi) is 4.06. The summed E-state index contributed by atoms with van der Waals surface area (Å²) in [4.78, 5) is 0. The first-order valence-electron chi connectivity index (χ1n) is 4.47. The zero-order chi connectivity index (χ0) is 8.81. The Morgan fingerprint density at radius 2 is 2.42 bits per heavy atom. The smallest absolute Gasteiger partial charge is 0.0635 e. The van der Waals surface area contributed by atoms with Crippen LogP contribution in [0.2, 0.25) is 0 Å². The molecular weight excluding hydrogens is 152 g/mol. The Morgan fingerprint density at radius 3 is 2.92 bits per heavy atom. The van der Waals surface area contributed by atoms with Crippen LogP contribution in [-0.4, -0.2) is 26.3 Å². The van der Waals surface area contributed by atoms with E-state index in [0.29, 0.717) is 12.5 Å². The number of rotatable bonds is 6. The standard InChI is InChI=1S/C9H16N2O/c1-12-7-9(8-3-4-8)11-6-2-5-10/h8-9,11H,2-4,6-7H2,1H3. The SMILES string of the molecule is COCC(NCCC#N)C1CC1. The lowest BCUT2D eigenvalue weighted by Gasteiger charge is -2.15. The molecule has 1 fully saturated rings. The Bertz CT molecular complexity index is 160. The Hall–Kier alpha value is -0.590. The van der Waals surface area contributed by atoms with Gasteiger partial charge in [-0.1, -0.05) is 0 Å². The summed E-state index contributed by atoms with van der Waals surface area (Å²) >= 11 is 0. The maximum absolute atomic E-state index is 8.34. The van der Waals surface area contributed by atoms with Crippen LogP contribution in [0.15, 0.2) is 0 Å². The van der Waals surface area contributed by atoms with Crippen molar-refractivity contribution in [1.82, 2.24) is 5.32 Å². The second-order valence-electron chi connectivity index (χ2n) is 3.26. The zero-order valence-electron chi connectivity index (χ0n) is 7.55. The van der Waals surface area contributed by atoms with Crippen LogP contribution in [0.1, 0.15) is 19.3 Å². The number of nitrogens with one attached hydrogen (secondary N) is 1. The van der Waals surface area contributed by atoms with Crippen LogP contribution < -0.4 is 5.32 Å². The van der Waals surface area contributed by atoms with Gasteiger partial charge in [0, 0.05) is 26.1 Å². The Balaban J connectivity index is 2.10. The average Bonchev–Trinajstić information content (AvgIpc) is 2.86. The lowest BCUT2D eigenvalue weighted by Crippen LogP contribution is -2.35. The van der Waals surface area contributed by atoms with Crippen molar-refractivity contribution in [2.24, 2.45) is 5.92 Å². The predicted molar refractivity (Wildman–Crippen MR) is 46.6 cm³/mol. The van der Waals surface area contributed by atoms with E-state index < -0.39 is 0 Å². The fourth-order valence-corrected chi connectivity index (χ4v) is 1.35. The highest BCUT2D eigenvalue weighted by molar-refractivity contribution is 4.87. The van der Waals surface area contributed by atoms with Crippen molar-refractivity contribution in [1.29, 1.82) is 5.26 Å². The van der Waals surface area contributed by atoms with Crippen molar-refractivity contribution in [3.05, 3.63) is 0 Å². The van der Waals surface area contributed by atoms with Crippen molar-refractivity contribution in [3.63, 3.8) is 0 Å². The van der Waals surface area contributed by atoms with Gasteiger partial charge in [-0.15, -0.1) is 0 Å². The molecule has 3 nitrogen and oxygen atoms in total. The van der Waals surface area contributed by atoms with Crippen LogP contribution in [0.5, 0.6) is 0 Å². The first-order valence-corrected chi connectivity index (χ1v) is 4.47. The maximum Gasteiger partial charge on any atom is 0.0635 e. The van der Waals surface area contributed by atoms with Gasteiger partial charge in [-0.05, 0) is 18.8 Å². The molecule has 0 aromatic rings. The molecule has 3 heteroatoms. The van der Waals surface area contributed by atoms with Crippen molar-refractivity contribution in [2.75, 3.05) is 20.3 Å². The largest absolute Gasteiger partial charge is 0.383 e. The number of nitrogens with zero attached hydrogens (tertiary/aromatic N) is 1. The third kappa shape index (κ3) is 3.21. The molecule has 0 aliphatic heterocycles. The summed E-state index contributed by atoms with van der Waals surface area (Å²) in [7, 11) is 1.72. The first-order chi connectivity index (χ1) is 5.88. The lowest BCUT2D eigenvalue weighted by molar-refractivity contribution is 0.158. The molecule has 1 unspecified atom stereocenters. The fourth-order valence-electron chi connectivity index (χ4n) is 1.35. The van der Waals surface area contributed by atoms with Gasteiger partial charge in [0.1, 0.15) is 0 Å². The molecule has 0 heterocycles. The summed E-state index contributed by atoms with van der Waals surface area (Å²) in [6.45, 7) is 1.57. The lowest BCUT2D eigenvalue weighted by atomic mass is 10.2. The summed E-state index contributed by atoms with van der Waals surface area (Å²) < 4.78 is 5.09. The molecule has 0 bridgehead atoms. The van der Waals surface area contributed by atoms with Crippen LogP contribution in [-0.2, 0) is 4.74 Å². The molecule has 0 radical (unpaired) electrons. The van der Waals surface area contributed by atoms with E-state index in [0.717, 1.165) is 19.1 Å². The topological polar surface area (TPSA) is 45.0 Å². The zero-order valence-corrected chi connectivity index (χ0v) is 7.55. The summed E-state index contributed by atoms with van der Waals surface area (Å²) in [5, 5.41) is 11.7. The van der Waals surface area contributed by atoms with E-state index in [-0.39, 0.29) is 0 Å². The summed E-state index contributed by atoms with van der Waals surface area (Å²) in [5.74, 6) is 0.795. The minimum absolute atomic E-state index is 0.475. The fraction of sp³-hybridized carbons (Fsp3) is 0.889. The van der Waals surface area contributed by atoms with Crippen molar-refractivity contribution in [3.8, 4) is 6.07 Å². The Labute approximate surface area is 73.7 Å². The Morgan fingerprint density at radius 1 is 1.67 bits per heavy atom. The van der Waals surface area contributed by atoms with Crippen molar-refractivity contribution >= 4 is 0 Å². The van der Waals surface area contributed by atoms with E-state index in [1.807, 2.05) is 0 Å². The molecule has 1 aliphatic rings. The van der Waals surface area contributed by atoms with Crippen LogP contribution in [0.3, 0.4) is 0 Å². The van der Waals surface area contributed by atoms with Gasteiger partial charge >= 0.3 is 0 Å². The van der Waals surface area contributed by atoms with Gasteiger partial charge < -0.3 is 10.1 Å². The van der Waals surface area contributed by atoms with Gasteiger partial charge in [0.05, 0.1) is 12.7 Å². The van der Waals surface area contributed by atoms with E-state index in [9.17, 15) is 0 Å². The summed E-state index contributed by atoms with van der Waals surface area (Å²) in [6, 6.07) is 2.60. The molecule has 0 aromatic carbocycles. The highest BCUT2D eigenvalue weighted by Gasteiger charge is 2.30. The molecule has 1 atom stereocenters. The van der Waals surface area contributed by atoms with Crippen molar-refractivity contribution in [2.45, 2.75) is 25.3 Å². The van der Waals surface area contributed by atoms with Gasteiger partial charge in [0.15, 0.2) is 0 Å². The van der Waals surface area contributed by atoms with Crippen LogP contribution >= 0.6 is 0 Å². The molecule has 1 N–H and O–H groups in total. The quantitative estimate of drug-likeness (QED) is 0.600. The number of hydrogen-bond donors (Lipinski definition) is 1. The molecule has 0 spiro atoms. The molecular formula is C9H16N2O. The average molecular weight is 168 g/mol. The molecule has 1 aliphatic carbocycles. The molecule has 0 aromatic heterocycles. The summed E-state index contributed by atoms with van der Waals surface area (Å²) in [6.07, 6.45) is 3.22. The second-order valence-corrected chi connectivity index (χ2v) is 3.26. The normalized spacial score (nSPS) is 18.7. The van der Waals surface area contributed by atoms with E-state index in [1.165, 1.54) is 12.8 Å². The van der Waals surface area contributed by atoms with E-state index in [4.69, 9.17) is 10.00 Å². The third-order valence-corrected chi connectivity index (χ3v) is 2.18. The van der Waals surface area contributed by atoms with Gasteiger partial charge in [0.2, 0.25) is 0 Å².